The van der Waals surface area contributed by atoms with E-state index in [0.29, 0.717) is 17.1 Å². The maximum absolute atomic E-state index is 8.84. The SMILES string of the molecule is N#CCc1nc2c(Cl)nccc2n1CC1CC1. The van der Waals surface area contributed by atoms with E-state index in [1.54, 1.807) is 6.20 Å². The number of nitrogens with zero attached hydrogens (tertiary/aromatic N) is 4. The Labute approximate surface area is 104 Å². The van der Waals surface area contributed by atoms with Crippen LogP contribution in [0.5, 0.6) is 0 Å². The van der Waals surface area contributed by atoms with Gasteiger partial charge in [0.15, 0.2) is 5.15 Å². The van der Waals surface area contributed by atoms with Crippen LogP contribution in [-0.4, -0.2) is 14.5 Å². The molecule has 0 N–H and O–H groups in total. The van der Waals surface area contributed by atoms with Crippen molar-refractivity contribution in [1.29, 1.82) is 5.26 Å². The summed E-state index contributed by atoms with van der Waals surface area (Å²) < 4.78 is 2.11. The van der Waals surface area contributed by atoms with Gasteiger partial charge in [-0.05, 0) is 24.8 Å². The number of halogens is 1. The van der Waals surface area contributed by atoms with Crippen molar-refractivity contribution in [2.45, 2.75) is 25.8 Å². The lowest BCUT2D eigenvalue weighted by atomic mass is 10.3. The summed E-state index contributed by atoms with van der Waals surface area (Å²) in [5.41, 5.74) is 1.70. The summed E-state index contributed by atoms with van der Waals surface area (Å²) in [7, 11) is 0. The molecule has 2 aromatic rings. The topological polar surface area (TPSA) is 54.5 Å². The second kappa shape index (κ2) is 4.01. The van der Waals surface area contributed by atoms with E-state index in [1.807, 2.05) is 6.07 Å². The third-order valence-corrected chi connectivity index (χ3v) is 3.35. The number of nitriles is 1. The summed E-state index contributed by atoms with van der Waals surface area (Å²) >= 11 is 6.02. The summed E-state index contributed by atoms with van der Waals surface area (Å²) in [6, 6.07) is 4.07. The predicted octanol–water partition coefficient (Wildman–Crippen LogP) is 2.56. The molecule has 1 aliphatic carbocycles. The van der Waals surface area contributed by atoms with Gasteiger partial charge in [0.2, 0.25) is 0 Å². The number of fused-ring (bicyclic) bond motifs is 1. The van der Waals surface area contributed by atoms with Crippen molar-refractivity contribution in [2.24, 2.45) is 5.92 Å². The molecule has 2 heterocycles. The molecular weight excluding hydrogens is 236 g/mol. The second-order valence-electron chi connectivity index (χ2n) is 4.39. The molecular formula is C12H11ClN4. The van der Waals surface area contributed by atoms with E-state index < -0.39 is 0 Å². The van der Waals surface area contributed by atoms with Crippen molar-refractivity contribution in [1.82, 2.24) is 14.5 Å². The van der Waals surface area contributed by atoms with E-state index in [0.717, 1.165) is 23.8 Å². The molecule has 1 fully saturated rings. The van der Waals surface area contributed by atoms with Crippen LogP contribution in [0.4, 0.5) is 0 Å². The molecule has 2 aromatic heterocycles. The first-order valence-electron chi connectivity index (χ1n) is 5.66. The highest BCUT2D eigenvalue weighted by Gasteiger charge is 2.24. The first-order valence-corrected chi connectivity index (χ1v) is 6.04. The number of aromatic nitrogens is 3. The summed E-state index contributed by atoms with van der Waals surface area (Å²) in [4.78, 5) is 8.45. The average molecular weight is 247 g/mol. The third kappa shape index (κ3) is 1.87. The quantitative estimate of drug-likeness (QED) is 0.782. The number of hydrogen-bond donors (Lipinski definition) is 0. The Morgan fingerprint density at radius 3 is 3.06 bits per heavy atom. The van der Waals surface area contributed by atoms with E-state index in [4.69, 9.17) is 16.9 Å². The molecule has 3 rings (SSSR count). The van der Waals surface area contributed by atoms with E-state index in [2.05, 4.69) is 20.6 Å². The summed E-state index contributed by atoms with van der Waals surface area (Å²) in [5, 5.41) is 9.25. The normalized spacial score (nSPS) is 15.1. The van der Waals surface area contributed by atoms with Gasteiger partial charge in [-0.3, -0.25) is 0 Å². The van der Waals surface area contributed by atoms with E-state index in [-0.39, 0.29) is 0 Å². The third-order valence-electron chi connectivity index (χ3n) is 3.08. The molecule has 86 valence electrons. The van der Waals surface area contributed by atoms with Gasteiger partial charge in [0.25, 0.3) is 0 Å². The molecule has 0 atom stereocenters. The van der Waals surface area contributed by atoms with Crippen LogP contribution in [-0.2, 0) is 13.0 Å². The fraction of sp³-hybridized carbons (Fsp3) is 0.417. The maximum Gasteiger partial charge on any atom is 0.156 e. The minimum absolute atomic E-state index is 0.317. The monoisotopic (exact) mass is 246 g/mol. The Morgan fingerprint density at radius 1 is 1.53 bits per heavy atom. The van der Waals surface area contributed by atoms with Crippen LogP contribution in [0.3, 0.4) is 0 Å². The van der Waals surface area contributed by atoms with Crippen molar-refractivity contribution < 1.29 is 0 Å². The lowest BCUT2D eigenvalue weighted by Crippen LogP contribution is -2.04. The highest BCUT2D eigenvalue weighted by molar-refractivity contribution is 6.33. The molecule has 0 aromatic carbocycles. The van der Waals surface area contributed by atoms with Gasteiger partial charge in [0.05, 0.1) is 18.0 Å². The molecule has 0 aliphatic heterocycles. The molecule has 4 nitrogen and oxygen atoms in total. The molecule has 1 aliphatic rings. The van der Waals surface area contributed by atoms with E-state index >= 15 is 0 Å². The Morgan fingerprint density at radius 2 is 2.35 bits per heavy atom. The van der Waals surface area contributed by atoms with Crippen molar-refractivity contribution in [3.05, 3.63) is 23.2 Å². The van der Waals surface area contributed by atoms with Crippen molar-refractivity contribution in [2.75, 3.05) is 0 Å². The van der Waals surface area contributed by atoms with E-state index in [9.17, 15) is 0 Å². The Bertz CT molecular complexity index is 607. The van der Waals surface area contributed by atoms with Gasteiger partial charge in [-0.2, -0.15) is 5.26 Å². The lowest BCUT2D eigenvalue weighted by molar-refractivity contribution is 0.620. The van der Waals surface area contributed by atoms with E-state index in [1.165, 1.54) is 12.8 Å². The number of pyridine rings is 1. The Kier molecular flexibility index (Phi) is 2.49. The van der Waals surface area contributed by atoms with Crippen LogP contribution in [0.2, 0.25) is 5.15 Å². The molecule has 0 spiro atoms. The highest BCUT2D eigenvalue weighted by Crippen LogP contribution is 2.33. The van der Waals surface area contributed by atoms with Crippen molar-refractivity contribution in [3.63, 3.8) is 0 Å². The minimum Gasteiger partial charge on any atom is -0.327 e. The standard InChI is InChI=1S/C12H11ClN4/c13-12-11-9(4-6-15-12)17(7-8-1-2-8)10(16-11)3-5-14/h4,6,8H,1-3,7H2. The molecule has 0 saturated heterocycles. The maximum atomic E-state index is 8.84. The van der Waals surface area contributed by atoms with Gasteiger partial charge >= 0.3 is 0 Å². The van der Waals surface area contributed by atoms with Crippen LogP contribution < -0.4 is 0 Å². The molecule has 0 radical (unpaired) electrons. The van der Waals surface area contributed by atoms with Gasteiger partial charge in [0, 0.05) is 12.7 Å². The zero-order valence-corrected chi connectivity index (χ0v) is 9.98. The van der Waals surface area contributed by atoms with Crippen LogP contribution in [0, 0.1) is 17.2 Å². The number of imidazole rings is 1. The van der Waals surface area contributed by atoms with Gasteiger partial charge in [-0.15, -0.1) is 0 Å². The van der Waals surface area contributed by atoms with Gasteiger partial charge in [-0.1, -0.05) is 11.6 Å². The van der Waals surface area contributed by atoms with Crippen LogP contribution in [0.1, 0.15) is 18.7 Å². The molecule has 0 amide bonds. The zero-order chi connectivity index (χ0) is 11.8. The molecule has 17 heavy (non-hydrogen) atoms. The molecule has 5 heteroatoms. The first kappa shape index (κ1) is 10.5. The first-order chi connectivity index (χ1) is 8.29. The molecule has 0 bridgehead atoms. The van der Waals surface area contributed by atoms with Crippen LogP contribution in [0.25, 0.3) is 11.0 Å². The summed E-state index contributed by atoms with van der Waals surface area (Å²) in [6.07, 6.45) is 4.54. The second-order valence-corrected chi connectivity index (χ2v) is 4.74. The fourth-order valence-corrected chi connectivity index (χ4v) is 2.23. The van der Waals surface area contributed by atoms with Crippen molar-refractivity contribution >= 4 is 22.6 Å². The number of rotatable bonds is 3. The average Bonchev–Trinajstić information content (AvgIpc) is 3.05. The Balaban J connectivity index is 2.16. The fourth-order valence-electron chi connectivity index (χ4n) is 2.04. The van der Waals surface area contributed by atoms with Crippen LogP contribution in [0.15, 0.2) is 12.3 Å². The minimum atomic E-state index is 0.317. The van der Waals surface area contributed by atoms with Crippen molar-refractivity contribution in [3.8, 4) is 6.07 Å². The van der Waals surface area contributed by atoms with Crippen LogP contribution >= 0.6 is 11.6 Å². The summed E-state index contributed by atoms with van der Waals surface area (Å²) in [5.74, 6) is 1.53. The molecule has 1 saturated carbocycles. The predicted molar refractivity (Wildman–Crippen MR) is 64.6 cm³/mol. The zero-order valence-electron chi connectivity index (χ0n) is 9.23. The largest absolute Gasteiger partial charge is 0.327 e. The smallest absolute Gasteiger partial charge is 0.156 e. The lowest BCUT2D eigenvalue weighted by Gasteiger charge is -2.05. The Hall–Kier alpha value is -1.60. The summed E-state index contributed by atoms with van der Waals surface area (Å²) in [6.45, 7) is 0.938. The highest BCUT2D eigenvalue weighted by atomic mass is 35.5. The van der Waals surface area contributed by atoms with Gasteiger partial charge in [-0.25, -0.2) is 9.97 Å². The number of hydrogen-bond acceptors (Lipinski definition) is 3. The van der Waals surface area contributed by atoms with Gasteiger partial charge in [0.1, 0.15) is 11.3 Å². The molecule has 0 unspecified atom stereocenters. The van der Waals surface area contributed by atoms with Gasteiger partial charge < -0.3 is 4.57 Å².